The second kappa shape index (κ2) is 9.96. The molecule has 1 N–H and O–H groups in total. The Morgan fingerprint density at radius 1 is 1.20 bits per heavy atom. The molecule has 1 aromatic carbocycles. The minimum Gasteiger partial charge on any atom is -0.500 e. The van der Waals surface area contributed by atoms with Gasteiger partial charge in [-0.25, -0.2) is 23.4 Å². The molecule has 0 radical (unpaired) electrons. The zero-order valence-corrected chi connectivity index (χ0v) is 19.0. The molecule has 3 rings (SSSR count). The number of rotatable bonds is 9. The molecule has 0 saturated heterocycles. The van der Waals surface area contributed by atoms with Crippen molar-refractivity contribution in [2.45, 2.75) is 11.4 Å². The van der Waals surface area contributed by atoms with Crippen LogP contribution in [0, 0.1) is 0 Å². The first-order valence-corrected chi connectivity index (χ1v) is 11.5. The zero-order chi connectivity index (χ0) is 21.6. The number of ether oxygens (including phenoxy) is 1. The number of sulfone groups is 1. The molecule has 8 nitrogen and oxygen atoms in total. The molecule has 0 bridgehead atoms. The summed E-state index contributed by atoms with van der Waals surface area (Å²) in [4.78, 5) is 14.5. The Kier molecular flexibility index (Phi) is 7.35. The molecular formula is C20H22BrN5O3S. The fourth-order valence-corrected chi connectivity index (χ4v) is 3.86. The molecule has 2 aromatic heterocycles. The number of fused-ring (bicyclic) bond motifs is 1. The van der Waals surface area contributed by atoms with E-state index in [1.165, 1.54) is 24.9 Å². The maximum Gasteiger partial charge on any atom is 0.220 e. The van der Waals surface area contributed by atoms with Crippen LogP contribution >= 0.6 is 15.9 Å². The normalized spacial score (nSPS) is 12.0. The quantitative estimate of drug-likeness (QED) is 0.357. The Balaban J connectivity index is 1.81. The van der Waals surface area contributed by atoms with Crippen molar-refractivity contribution in [1.29, 1.82) is 0 Å². The van der Waals surface area contributed by atoms with E-state index >= 15 is 0 Å². The summed E-state index contributed by atoms with van der Waals surface area (Å²) in [7, 11) is 0.165. The van der Waals surface area contributed by atoms with Crippen LogP contribution in [0.2, 0.25) is 0 Å². The number of nitrogens with one attached hydrogen (secondary N) is 1. The highest BCUT2D eigenvalue weighted by atomic mass is 79.9. The molecule has 0 aliphatic rings. The lowest BCUT2D eigenvalue weighted by Crippen LogP contribution is -2.14. The third-order valence-electron chi connectivity index (χ3n) is 4.07. The van der Waals surface area contributed by atoms with Gasteiger partial charge in [-0.05, 0) is 44.8 Å². The number of anilines is 2. The highest BCUT2D eigenvalue weighted by Crippen LogP contribution is 2.26. The number of aromatic nitrogens is 3. The SMILES string of the molecule is CN(C)CCCOC=CS(=O)(=O)c1cc2c(Nc3cccc(Br)c3)ncnc2cn1. The summed E-state index contributed by atoms with van der Waals surface area (Å²) in [6.45, 7) is 1.30. The van der Waals surface area contributed by atoms with Gasteiger partial charge in [0.1, 0.15) is 12.1 Å². The number of pyridine rings is 1. The maximum absolute atomic E-state index is 12.6. The lowest BCUT2D eigenvalue weighted by atomic mass is 10.2. The molecule has 10 heteroatoms. The van der Waals surface area contributed by atoms with E-state index in [-0.39, 0.29) is 5.03 Å². The van der Waals surface area contributed by atoms with Crippen molar-refractivity contribution in [3.8, 4) is 0 Å². The average molecular weight is 492 g/mol. The Morgan fingerprint density at radius 3 is 2.80 bits per heavy atom. The summed E-state index contributed by atoms with van der Waals surface area (Å²) in [6.07, 6.45) is 4.81. The molecule has 0 saturated carbocycles. The first-order chi connectivity index (χ1) is 14.3. The molecule has 0 atom stereocenters. The van der Waals surface area contributed by atoms with Gasteiger partial charge < -0.3 is 15.0 Å². The minimum absolute atomic E-state index is 0.102. The number of benzene rings is 1. The molecule has 0 spiro atoms. The van der Waals surface area contributed by atoms with Gasteiger partial charge >= 0.3 is 0 Å². The number of hydrogen-bond acceptors (Lipinski definition) is 8. The van der Waals surface area contributed by atoms with Crippen LogP contribution in [-0.4, -0.2) is 55.5 Å². The Morgan fingerprint density at radius 2 is 2.03 bits per heavy atom. The van der Waals surface area contributed by atoms with Gasteiger partial charge in [0.25, 0.3) is 0 Å². The summed E-state index contributed by atoms with van der Waals surface area (Å²) < 4.78 is 31.4. The first kappa shape index (κ1) is 22.1. The summed E-state index contributed by atoms with van der Waals surface area (Å²) in [6, 6.07) is 9.03. The summed E-state index contributed by atoms with van der Waals surface area (Å²) in [5.41, 5.74) is 1.34. The van der Waals surface area contributed by atoms with Crippen molar-refractivity contribution in [1.82, 2.24) is 19.9 Å². The van der Waals surface area contributed by atoms with Gasteiger partial charge in [-0.3, -0.25) is 0 Å². The first-order valence-electron chi connectivity index (χ1n) is 9.16. The van der Waals surface area contributed by atoms with Gasteiger partial charge in [0.05, 0.1) is 30.0 Å². The zero-order valence-electron chi connectivity index (χ0n) is 16.6. The third kappa shape index (κ3) is 5.97. The number of nitrogens with zero attached hydrogens (tertiary/aromatic N) is 4. The van der Waals surface area contributed by atoms with Crippen LogP contribution in [0.1, 0.15) is 6.42 Å². The molecule has 0 unspecified atom stereocenters. The van der Waals surface area contributed by atoms with Gasteiger partial charge in [-0.2, -0.15) is 0 Å². The van der Waals surface area contributed by atoms with Crippen LogP contribution in [0.4, 0.5) is 11.5 Å². The standard InChI is InChI=1S/C20H22BrN5O3S/c1-26(2)7-4-8-29-9-10-30(27,28)19-12-17-18(13-22-19)23-14-24-20(17)25-16-6-3-5-15(21)11-16/h3,5-6,9-14H,4,7-8H2,1-2H3,(H,23,24,25). The van der Waals surface area contributed by atoms with E-state index in [4.69, 9.17) is 4.74 Å². The molecular weight excluding hydrogens is 470 g/mol. The van der Waals surface area contributed by atoms with E-state index in [1.54, 1.807) is 0 Å². The Hall–Kier alpha value is -2.56. The van der Waals surface area contributed by atoms with Gasteiger partial charge in [-0.15, -0.1) is 0 Å². The van der Waals surface area contributed by atoms with Crippen molar-refractivity contribution < 1.29 is 13.2 Å². The Bertz CT molecular complexity index is 1150. The van der Waals surface area contributed by atoms with Gasteiger partial charge in [0.2, 0.25) is 9.84 Å². The minimum atomic E-state index is -3.77. The largest absolute Gasteiger partial charge is 0.500 e. The molecule has 2 heterocycles. The lowest BCUT2D eigenvalue weighted by Gasteiger charge is -2.09. The van der Waals surface area contributed by atoms with E-state index in [1.807, 2.05) is 43.3 Å². The van der Waals surface area contributed by atoms with Crippen molar-refractivity contribution in [2.75, 3.05) is 32.6 Å². The molecule has 0 fully saturated rings. The highest BCUT2D eigenvalue weighted by Gasteiger charge is 2.15. The van der Waals surface area contributed by atoms with E-state index in [2.05, 4.69) is 36.2 Å². The van der Waals surface area contributed by atoms with E-state index in [9.17, 15) is 8.42 Å². The van der Waals surface area contributed by atoms with Crippen LogP contribution in [0.15, 0.2) is 64.0 Å². The van der Waals surface area contributed by atoms with Crippen LogP contribution in [0.5, 0.6) is 0 Å². The molecule has 158 valence electrons. The monoisotopic (exact) mass is 491 g/mol. The van der Waals surface area contributed by atoms with E-state index in [0.29, 0.717) is 23.3 Å². The van der Waals surface area contributed by atoms with Crippen LogP contribution in [0.3, 0.4) is 0 Å². The average Bonchev–Trinajstić information content (AvgIpc) is 2.70. The second-order valence-electron chi connectivity index (χ2n) is 6.74. The van der Waals surface area contributed by atoms with Crippen molar-refractivity contribution in [3.05, 3.63) is 59.0 Å². The molecule has 0 aliphatic carbocycles. The fourth-order valence-electron chi connectivity index (χ4n) is 2.61. The smallest absolute Gasteiger partial charge is 0.220 e. The van der Waals surface area contributed by atoms with E-state index in [0.717, 1.165) is 28.5 Å². The topological polar surface area (TPSA) is 97.3 Å². The maximum atomic E-state index is 12.6. The number of halogens is 1. The summed E-state index contributed by atoms with van der Waals surface area (Å²) in [5.74, 6) is 0.487. The van der Waals surface area contributed by atoms with Crippen LogP contribution in [-0.2, 0) is 14.6 Å². The van der Waals surface area contributed by atoms with Crippen molar-refractivity contribution >= 4 is 48.2 Å². The predicted molar refractivity (Wildman–Crippen MR) is 120 cm³/mol. The van der Waals surface area contributed by atoms with E-state index < -0.39 is 9.84 Å². The Labute approximate surface area is 184 Å². The highest BCUT2D eigenvalue weighted by molar-refractivity contribution is 9.10. The summed E-state index contributed by atoms with van der Waals surface area (Å²) >= 11 is 3.43. The van der Waals surface area contributed by atoms with Crippen LogP contribution < -0.4 is 5.32 Å². The third-order valence-corrected chi connectivity index (χ3v) is 5.84. The molecule has 30 heavy (non-hydrogen) atoms. The van der Waals surface area contributed by atoms with Crippen LogP contribution in [0.25, 0.3) is 10.9 Å². The predicted octanol–water partition coefficient (Wildman–Crippen LogP) is 3.74. The second-order valence-corrected chi connectivity index (χ2v) is 9.44. The van der Waals surface area contributed by atoms with Crippen molar-refractivity contribution in [2.24, 2.45) is 0 Å². The van der Waals surface area contributed by atoms with Gasteiger partial charge in [0.15, 0.2) is 5.03 Å². The van der Waals surface area contributed by atoms with Crippen molar-refractivity contribution in [3.63, 3.8) is 0 Å². The number of hydrogen-bond donors (Lipinski definition) is 1. The lowest BCUT2D eigenvalue weighted by molar-refractivity contribution is 0.228. The molecule has 0 amide bonds. The fraction of sp³-hybridized carbons (Fsp3) is 0.250. The van der Waals surface area contributed by atoms with Gasteiger partial charge in [-0.1, -0.05) is 22.0 Å². The molecule has 0 aliphatic heterocycles. The summed E-state index contributed by atoms with van der Waals surface area (Å²) in [5, 5.41) is 4.65. The molecule has 3 aromatic rings. The van der Waals surface area contributed by atoms with Gasteiger partial charge in [0, 0.05) is 22.1 Å².